The molecule has 9 heteroatoms. The Kier molecular flexibility index (Phi) is 5.11. The van der Waals surface area contributed by atoms with Crippen LogP contribution in [-0.2, 0) is 12.7 Å². The number of hydrogen-bond donors (Lipinski definition) is 1. The van der Waals surface area contributed by atoms with Gasteiger partial charge in [-0.05, 0) is 36.4 Å². The zero-order chi connectivity index (χ0) is 19.4. The van der Waals surface area contributed by atoms with Crippen LogP contribution in [0.4, 0.5) is 13.2 Å². The van der Waals surface area contributed by atoms with Crippen LogP contribution in [0, 0.1) is 0 Å². The molecule has 1 heterocycles. The summed E-state index contributed by atoms with van der Waals surface area (Å²) in [5, 5.41) is 6.36. The number of nitrogens with one attached hydrogen (secondary N) is 1. The number of halogens is 3. The van der Waals surface area contributed by atoms with Gasteiger partial charge in [-0.2, -0.15) is 18.2 Å². The number of carbonyl (C=O) groups is 1. The molecule has 1 aromatic heterocycles. The zero-order valence-corrected chi connectivity index (χ0v) is 14.1. The Balaban J connectivity index is 1.65. The minimum atomic E-state index is -4.45. The van der Waals surface area contributed by atoms with E-state index in [1.54, 1.807) is 24.3 Å². The Bertz CT molecular complexity index is 937. The fraction of sp³-hybridized carbons (Fsp3) is 0.167. The lowest BCUT2D eigenvalue weighted by molar-refractivity contribution is -0.137. The van der Waals surface area contributed by atoms with Crippen LogP contribution in [0.15, 0.2) is 53.1 Å². The third-order valence-corrected chi connectivity index (χ3v) is 3.69. The molecule has 0 saturated carbocycles. The van der Waals surface area contributed by atoms with Gasteiger partial charge in [0, 0.05) is 5.56 Å². The van der Waals surface area contributed by atoms with Gasteiger partial charge in [0.25, 0.3) is 5.91 Å². The van der Waals surface area contributed by atoms with Gasteiger partial charge in [-0.3, -0.25) is 4.79 Å². The quantitative estimate of drug-likeness (QED) is 0.734. The Labute approximate surface area is 152 Å². The van der Waals surface area contributed by atoms with Crippen molar-refractivity contribution in [2.45, 2.75) is 12.7 Å². The fourth-order valence-electron chi connectivity index (χ4n) is 2.33. The summed E-state index contributed by atoms with van der Waals surface area (Å²) in [5.41, 5.74) is -0.103. The molecule has 0 fully saturated rings. The molecule has 27 heavy (non-hydrogen) atoms. The highest BCUT2D eigenvalue weighted by molar-refractivity contribution is 5.94. The second-order valence-electron chi connectivity index (χ2n) is 5.47. The summed E-state index contributed by atoms with van der Waals surface area (Å²) >= 11 is 0. The van der Waals surface area contributed by atoms with Crippen molar-refractivity contribution in [1.29, 1.82) is 0 Å². The first-order chi connectivity index (χ1) is 12.9. The lowest BCUT2D eigenvalue weighted by Gasteiger charge is -2.07. The molecule has 1 N–H and O–H groups in total. The van der Waals surface area contributed by atoms with E-state index >= 15 is 0 Å². The van der Waals surface area contributed by atoms with Gasteiger partial charge >= 0.3 is 6.18 Å². The monoisotopic (exact) mass is 377 g/mol. The number of rotatable bonds is 5. The van der Waals surface area contributed by atoms with E-state index in [0.717, 1.165) is 24.3 Å². The third-order valence-electron chi connectivity index (χ3n) is 3.69. The first-order valence-corrected chi connectivity index (χ1v) is 7.80. The van der Waals surface area contributed by atoms with Crippen LogP contribution in [0.1, 0.15) is 21.8 Å². The third kappa shape index (κ3) is 4.25. The molecule has 0 aliphatic carbocycles. The maximum atomic E-state index is 12.5. The minimum Gasteiger partial charge on any atom is -0.496 e. The molecule has 3 aromatic rings. The molecule has 0 atom stereocenters. The van der Waals surface area contributed by atoms with Crippen molar-refractivity contribution in [2.24, 2.45) is 0 Å². The van der Waals surface area contributed by atoms with E-state index in [1.807, 2.05) is 0 Å². The molecule has 3 rings (SSSR count). The Morgan fingerprint density at radius 1 is 1.15 bits per heavy atom. The highest BCUT2D eigenvalue weighted by atomic mass is 19.4. The van der Waals surface area contributed by atoms with E-state index in [-0.39, 0.29) is 18.0 Å². The summed E-state index contributed by atoms with van der Waals surface area (Å²) in [5.74, 6) is 0.460. The summed E-state index contributed by atoms with van der Waals surface area (Å²) < 4.78 is 48.0. The van der Waals surface area contributed by atoms with E-state index in [9.17, 15) is 18.0 Å². The summed E-state index contributed by atoms with van der Waals surface area (Å²) in [7, 11) is 1.52. The summed E-state index contributed by atoms with van der Waals surface area (Å²) in [4.78, 5) is 16.2. The molecule has 2 aromatic carbocycles. The van der Waals surface area contributed by atoms with Crippen molar-refractivity contribution in [3.63, 3.8) is 0 Å². The van der Waals surface area contributed by atoms with Crippen molar-refractivity contribution in [1.82, 2.24) is 15.5 Å². The number of amides is 1. The van der Waals surface area contributed by atoms with Crippen LogP contribution in [0.5, 0.6) is 5.75 Å². The van der Waals surface area contributed by atoms with Crippen LogP contribution in [-0.4, -0.2) is 23.2 Å². The van der Waals surface area contributed by atoms with Crippen molar-refractivity contribution >= 4 is 5.91 Å². The fourth-order valence-corrected chi connectivity index (χ4v) is 2.33. The van der Waals surface area contributed by atoms with Gasteiger partial charge in [-0.25, -0.2) is 0 Å². The Morgan fingerprint density at radius 2 is 1.85 bits per heavy atom. The van der Waals surface area contributed by atoms with Crippen molar-refractivity contribution in [3.8, 4) is 17.1 Å². The molecule has 6 nitrogen and oxygen atoms in total. The number of nitrogens with zero attached hydrogens (tertiary/aromatic N) is 2. The Morgan fingerprint density at radius 3 is 2.52 bits per heavy atom. The SMILES string of the molecule is COc1ccccc1-c1noc(CNC(=O)c2ccc(C(F)(F)F)cc2)n1. The number of ether oxygens (including phenoxy) is 1. The second kappa shape index (κ2) is 7.48. The number of aromatic nitrogens is 2. The molecular formula is C18H14F3N3O3. The number of carbonyl (C=O) groups excluding carboxylic acids is 1. The molecular weight excluding hydrogens is 363 g/mol. The maximum absolute atomic E-state index is 12.5. The molecule has 0 aliphatic heterocycles. The van der Waals surface area contributed by atoms with Crippen molar-refractivity contribution < 1.29 is 27.2 Å². The number of hydrogen-bond acceptors (Lipinski definition) is 5. The number of para-hydroxylation sites is 1. The maximum Gasteiger partial charge on any atom is 0.416 e. The topological polar surface area (TPSA) is 77.3 Å². The van der Waals surface area contributed by atoms with Crippen molar-refractivity contribution in [3.05, 3.63) is 65.5 Å². The molecule has 140 valence electrons. The highest BCUT2D eigenvalue weighted by Gasteiger charge is 2.30. The highest BCUT2D eigenvalue weighted by Crippen LogP contribution is 2.29. The molecule has 0 unspecified atom stereocenters. The standard InChI is InChI=1S/C18H14F3N3O3/c1-26-14-5-3-2-4-13(14)16-23-15(27-24-16)10-22-17(25)11-6-8-12(9-7-11)18(19,20)21/h2-9H,10H2,1H3,(H,22,25). The van der Waals surface area contributed by atoms with Crippen LogP contribution >= 0.6 is 0 Å². The number of benzene rings is 2. The van der Waals surface area contributed by atoms with E-state index in [2.05, 4.69) is 15.5 Å². The lowest BCUT2D eigenvalue weighted by Crippen LogP contribution is -2.23. The molecule has 0 saturated heterocycles. The second-order valence-corrected chi connectivity index (χ2v) is 5.47. The van der Waals surface area contributed by atoms with E-state index < -0.39 is 17.6 Å². The van der Waals surface area contributed by atoms with E-state index in [0.29, 0.717) is 17.1 Å². The molecule has 0 spiro atoms. The predicted molar refractivity (Wildman–Crippen MR) is 88.9 cm³/mol. The normalized spacial score (nSPS) is 11.3. The molecule has 1 amide bonds. The molecule has 0 aliphatic rings. The first kappa shape index (κ1) is 18.4. The van der Waals surface area contributed by atoms with Gasteiger partial charge < -0.3 is 14.6 Å². The van der Waals surface area contributed by atoms with Crippen LogP contribution < -0.4 is 10.1 Å². The van der Waals surface area contributed by atoms with Gasteiger partial charge in [0.2, 0.25) is 11.7 Å². The Hall–Kier alpha value is -3.36. The summed E-state index contributed by atoms with van der Waals surface area (Å²) in [6, 6.07) is 11.0. The lowest BCUT2D eigenvalue weighted by atomic mass is 10.1. The first-order valence-electron chi connectivity index (χ1n) is 7.80. The summed E-state index contributed by atoms with van der Waals surface area (Å²) in [6.45, 7) is -0.0675. The minimum absolute atomic E-state index is 0.0675. The zero-order valence-electron chi connectivity index (χ0n) is 14.1. The van der Waals surface area contributed by atoms with Crippen LogP contribution in [0.25, 0.3) is 11.4 Å². The summed E-state index contributed by atoms with van der Waals surface area (Å²) in [6.07, 6.45) is -4.45. The molecule has 0 radical (unpaired) electrons. The van der Waals surface area contributed by atoms with Crippen molar-refractivity contribution in [2.75, 3.05) is 7.11 Å². The van der Waals surface area contributed by atoms with Gasteiger partial charge in [-0.1, -0.05) is 17.3 Å². The van der Waals surface area contributed by atoms with Crippen LogP contribution in [0.3, 0.4) is 0 Å². The smallest absolute Gasteiger partial charge is 0.416 e. The van der Waals surface area contributed by atoms with Gasteiger partial charge in [-0.15, -0.1) is 0 Å². The average Bonchev–Trinajstić information content (AvgIpc) is 3.14. The number of alkyl halides is 3. The average molecular weight is 377 g/mol. The predicted octanol–water partition coefficient (Wildman–Crippen LogP) is 3.69. The van der Waals surface area contributed by atoms with E-state index in [4.69, 9.17) is 9.26 Å². The number of methoxy groups -OCH3 is 1. The van der Waals surface area contributed by atoms with E-state index in [1.165, 1.54) is 7.11 Å². The van der Waals surface area contributed by atoms with Crippen LogP contribution in [0.2, 0.25) is 0 Å². The largest absolute Gasteiger partial charge is 0.496 e. The molecule has 0 bridgehead atoms. The van der Waals surface area contributed by atoms with Gasteiger partial charge in [0.15, 0.2) is 0 Å². The van der Waals surface area contributed by atoms with Gasteiger partial charge in [0.1, 0.15) is 5.75 Å². The van der Waals surface area contributed by atoms with Gasteiger partial charge in [0.05, 0.1) is 24.8 Å².